The number of hydrogen-bond acceptors (Lipinski definition) is 3. The second-order valence-corrected chi connectivity index (χ2v) is 3.28. The SMILES string of the molecule is C/C=C/C=O.CC(=O)c1ccccc1.O=S(O)O. The third-order valence-corrected chi connectivity index (χ3v) is 1.45. The highest BCUT2D eigenvalue weighted by atomic mass is 32.2. The molecule has 0 fully saturated rings. The summed E-state index contributed by atoms with van der Waals surface area (Å²) in [6, 6.07) is 9.23. The van der Waals surface area contributed by atoms with Crippen LogP contribution in [0.3, 0.4) is 0 Å². The van der Waals surface area contributed by atoms with Crippen molar-refractivity contribution < 1.29 is 22.9 Å². The van der Waals surface area contributed by atoms with Crippen molar-refractivity contribution >= 4 is 23.4 Å². The van der Waals surface area contributed by atoms with Gasteiger partial charge < -0.3 is 0 Å². The predicted octanol–water partition coefficient (Wildman–Crippen LogP) is 2.33. The lowest BCUT2D eigenvalue weighted by molar-refractivity contribution is -0.104. The van der Waals surface area contributed by atoms with Gasteiger partial charge in [0.25, 0.3) is 11.4 Å². The van der Waals surface area contributed by atoms with Gasteiger partial charge in [-0.05, 0) is 19.9 Å². The van der Waals surface area contributed by atoms with Gasteiger partial charge in [-0.2, -0.15) is 4.21 Å². The monoisotopic (exact) mass is 272 g/mol. The number of aldehydes is 1. The molecule has 0 spiro atoms. The second-order valence-electron chi connectivity index (χ2n) is 2.81. The molecule has 0 aromatic heterocycles. The molecule has 0 radical (unpaired) electrons. The third-order valence-electron chi connectivity index (χ3n) is 1.45. The highest BCUT2D eigenvalue weighted by Crippen LogP contribution is 1.97. The summed E-state index contributed by atoms with van der Waals surface area (Å²) in [4.78, 5) is 20.0. The molecule has 18 heavy (non-hydrogen) atoms. The van der Waals surface area contributed by atoms with E-state index >= 15 is 0 Å². The maximum absolute atomic E-state index is 10.6. The first kappa shape index (κ1) is 18.7. The quantitative estimate of drug-likeness (QED) is 0.373. The number of Topliss-reactive ketones (excluding diaryl/α,β-unsaturated/α-hetero) is 1. The molecule has 100 valence electrons. The highest BCUT2D eigenvalue weighted by Gasteiger charge is 1.92. The lowest BCUT2D eigenvalue weighted by Crippen LogP contribution is -1.88. The van der Waals surface area contributed by atoms with Gasteiger partial charge in [0.05, 0.1) is 0 Å². The molecule has 0 saturated carbocycles. The van der Waals surface area contributed by atoms with E-state index in [0.29, 0.717) is 0 Å². The largest absolute Gasteiger partial charge is 0.299 e. The Bertz CT molecular complexity index is 383. The Morgan fingerprint density at radius 2 is 1.67 bits per heavy atom. The number of carbonyl (C=O) groups excluding carboxylic acids is 2. The molecule has 0 aliphatic carbocycles. The molecule has 1 aromatic rings. The second kappa shape index (κ2) is 13.4. The normalized spacial score (nSPS) is 8.94. The van der Waals surface area contributed by atoms with E-state index in [1.165, 1.54) is 6.08 Å². The lowest BCUT2D eigenvalue weighted by Gasteiger charge is -1.89. The van der Waals surface area contributed by atoms with E-state index in [4.69, 9.17) is 13.3 Å². The molecule has 1 aromatic carbocycles. The Kier molecular flexibility index (Phi) is 14.0. The van der Waals surface area contributed by atoms with Crippen molar-refractivity contribution in [3.05, 3.63) is 48.0 Å². The fraction of sp³-hybridized carbons (Fsp3) is 0.167. The minimum atomic E-state index is -2.61. The zero-order chi connectivity index (χ0) is 14.4. The summed E-state index contributed by atoms with van der Waals surface area (Å²) in [5, 5.41) is 0. The van der Waals surface area contributed by atoms with E-state index in [1.54, 1.807) is 19.9 Å². The van der Waals surface area contributed by atoms with Crippen LogP contribution in [0.5, 0.6) is 0 Å². The Labute approximate surface area is 109 Å². The van der Waals surface area contributed by atoms with Crippen molar-refractivity contribution in [2.75, 3.05) is 0 Å². The molecular weight excluding hydrogens is 256 g/mol. The molecule has 0 unspecified atom stereocenters. The van der Waals surface area contributed by atoms with E-state index in [9.17, 15) is 9.59 Å². The number of allylic oxidation sites excluding steroid dienone is 2. The summed E-state index contributed by atoms with van der Waals surface area (Å²) < 4.78 is 22.8. The van der Waals surface area contributed by atoms with Gasteiger partial charge in [-0.15, -0.1) is 0 Å². The first-order valence-electron chi connectivity index (χ1n) is 4.88. The molecule has 1 rings (SSSR count). The molecular formula is C12H16O5S. The molecule has 0 aliphatic rings. The van der Waals surface area contributed by atoms with Gasteiger partial charge >= 0.3 is 0 Å². The molecule has 0 saturated heterocycles. The Morgan fingerprint density at radius 3 is 1.83 bits per heavy atom. The summed E-state index contributed by atoms with van der Waals surface area (Å²) in [6.07, 6.45) is 3.88. The van der Waals surface area contributed by atoms with Crippen molar-refractivity contribution in [2.24, 2.45) is 0 Å². The standard InChI is InChI=1S/C8H8O.C4H6O.H2O3S/c1-7(9)8-5-3-2-4-6-8;1-2-3-4-5;1-4(2)3/h2-6H,1H3;2-4H,1H3;(H2,1,2,3)/b;3-2+;. The summed E-state index contributed by atoms with van der Waals surface area (Å²) in [5.74, 6) is 0.121. The fourth-order valence-electron chi connectivity index (χ4n) is 0.751. The summed E-state index contributed by atoms with van der Waals surface area (Å²) in [7, 11) is 0. The van der Waals surface area contributed by atoms with E-state index < -0.39 is 11.4 Å². The first-order chi connectivity index (χ1) is 8.45. The average Bonchev–Trinajstić information content (AvgIpc) is 2.31. The number of carbonyl (C=O) groups is 2. The van der Waals surface area contributed by atoms with Gasteiger partial charge in [0.1, 0.15) is 6.29 Å². The van der Waals surface area contributed by atoms with Crippen molar-refractivity contribution in [3.8, 4) is 0 Å². The van der Waals surface area contributed by atoms with Crippen LogP contribution in [-0.2, 0) is 16.2 Å². The highest BCUT2D eigenvalue weighted by molar-refractivity contribution is 7.73. The fourth-order valence-corrected chi connectivity index (χ4v) is 0.751. The zero-order valence-corrected chi connectivity index (χ0v) is 11.0. The van der Waals surface area contributed by atoms with Gasteiger partial charge in [-0.1, -0.05) is 36.4 Å². The lowest BCUT2D eigenvalue weighted by atomic mass is 10.2. The van der Waals surface area contributed by atoms with Crippen LogP contribution < -0.4 is 0 Å². The summed E-state index contributed by atoms with van der Waals surface area (Å²) in [6.45, 7) is 3.36. The topological polar surface area (TPSA) is 91.7 Å². The van der Waals surface area contributed by atoms with Crippen molar-refractivity contribution in [1.29, 1.82) is 0 Å². The molecule has 0 atom stereocenters. The van der Waals surface area contributed by atoms with Crippen molar-refractivity contribution in [2.45, 2.75) is 13.8 Å². The van der Waals surface area contributed by atoms with Gasteiger partial charge in [0.2, 0.25) is 0 Å². The molecule has 0 heterocycles. The van der Waals surface area contributed by atoms with Crippen LogP contribution in [0.25, 0.3) is 0 Å². The third kappa shape index (κ3) is 16.8. The van der Waals surface area contributed by atoms with Crippen LogP contribution in [0.2, 0.25) is 0 Å². The minimum absolute atomic E-state index is 0.121. The zero-order valence-electron chi connectivity index (χ0n) is 10.1. The number of hydrogen-bond donors (Lipinski definition) is 2. The predicted molar refractivity (Wildman–Crippen MR) is 70.7 cm³/mol. The molecule has 0 amide bonds. The molecule has 2 N–H and O–H groups in total. The van der Waals surface area contributed by atoms with E-state index in [0.717, 1.165) is 11.8 Å². The smallest absolute Gasteiger partial charge is 0.299 e. The maximum Gasteiger partial charge on any atom is 0.299 e. The van der Waals surface area contributed by atoms with Gasteiger partial charge in [-0.25, -0.2) is 0 Å². The Morgan fingerprint density at radius 1 is 1.22 bits per heavy atom. The summed E-state index contributed by atoms with van der Waals surface area (Å²) >= 11 is -2.61. The van der Waals surface area contributed by atoms with Crippen LogP contribution in [0.4, 0.5) is 0 Å². The van der Waals surface area contributed by atoms with Crippen molar-refractivity contribution in [3.63, 3.8) is 0 Å². The van der Waals surface area contributed by atoms with E-state index in [-0.39, 0.29) is 5.78 Å². The van der Waals surface area contributed by atoms with Gasteiger partial charge in [0.15, 0.2) is 5.78 Å². The van der Waals surface area contributed by atoms with Gasteiger partial charge in [0, 0.05) is 5.56 Å². The number of ketones is 1. The molecule has 6 heteroatoms. The number of rotatable bonds is 2. The Hall–Kier alpha value is -1.63. The maximum atomic E-state index is 10.6. The van der Waals surface area contributed by atoms with Crippen LogP contribution in [0, 0.1) is 0 Å². The molecule has 5 nitrogen and oxygen atoms in total. The molecule has 0 bridgehead atoms. The average molecular weight is 272 g/mol. The van der Waals surface area contributed by atoms with E-state index in [1.807, 2.05) is 30.3 Å². The van der Waals surface area contributed by atoms with Crippen LogP contribution in [0.15, 0.2) is 42.5 Å². The molecule has 0 aliphatic heterocycles. The van der Waals surface area contributed by atoms with Crippen LogP contribution in [0.1, 0.15) is 24.2 Å². The number of benzene rings is 1. The Balaban J connectivity index is 0. The van der Waals surface area contributed by atoms with E-state index in [2.05, 4.69) is 0 Å². The minimum Gasteiger partial charge on any atom is -0.299 e. The van der Waals surface area contributed by atoms with Crippen LogP contribution >= 0.6 is 0 Å². The van der Waals surface area contributed by atoms with Gasteiger partial charge in [-0.3, -0.25) is 18.7 Å². The first-order valence-corrected chi connectivity index (χ1v) is 5.94. The van der Waals surface area contributed by atoms with Crippen molar-refractivity contribution in [1.82, 2.24) is 0 Å². The summed E-state index contributed by atoms with van der Waals surface area (Å²) in [5.41, 5.74) is 0.775. The van der Waals surface area contributed by atoms with Crippen LogP contribution in [-0.4, -0.2) is 25.4 Å².